The third-order valence-corrected chi connectivity index (χ3v) is 6.21. The lowest BCUT2D eigenvalue weighted by Crippen LogP contribution is -2.43. The van der Waals surface area contributed by atoms with E-state index in [1.165, 1.54) is 27.8 Å². The first-order valence-corrected chi connectivity index (χ1v) is 8.67. The van der Waals surface area contributed by atoms with E-state index in [0.717, 1.165) is 32.1 Å². The van der Waals surface area contributed by atoms with E-state index in [1.807, 2.05) is 0 Å². The molecule has 0 saturated heterocycles. The Bertz CT molecular complexity index is 830. The van der Waals surface area contributed by atoms with E-state index in [9.17, 15) is 4.79 Å². The second kappa shape index (κ2) is 4.67. The molecule has 2 bridgehead atoms. The van der Waals surface area contributed by atoms with Gasteiger partial charge in [0, 0.05) is 6.42 Å². The first-order chi connectivity index (χ1) is 11.3. The van der Waals surface area contributed by atoms with Gasteiger partial charge < -0.3 is 0 Å². The molecule has 3 aliphatic carbocycles. The molecule has 1 heteroatoms. The van der Waals surface area contributed by atoms with Crippen molar-refractivity contribution in [3.05, 3.63) is 71.3 Å². The summed E-state index contributed by atoms with van der Waals surface area (Å²) in [5.41, 5.74) is 6.60. The quantitative estimate of drug-likeness (QED) is 0.688. The highest BCUT2D eigenvalue weighted by atomic mass is 16.1. The molecule has 3 aliphatic rings. The molecule has 1 fully saturated rings. The van der Waals surface area contributed by atoms with E-state index in [1.54, 1.807) is 0 Å². The average Bonchev–Trinajstić information content (AvgIpc) is 3.21. The van der Waals surface area contributed by atoms with Crippen molar-refractivity contribution in [1.82, 2.24) is 0 Å². The summed E-state index contributed by atoms with van der Waals surface area (Å²) in [6, 6.07) is 17.4. The molecular weight excluding hydrogens is 280 g/mol. The smallest absolute Gasteiger partial charge is 0.144 e. The standard InChI is InChI=1S/C22H20O/c23-21-11-8-18-13-17(16-4-2-1-3-5-16)7-10-20(18)22(21)14-15-6-9-19(22)12-15/h1-7,10,13,19H,8-9,11-12,14H2. The van der Waals surface area contributed by atoms with Gasteiger partial charge in [0.1, 0.15) is 5.78 Å². The van der Waals surface area contributed by atoms with Crippen LogP contribution < -0.4 is 0 Å². The Morgan fingerprint density at radius 2 is 1.83 bits per heavy atom. The summed E-state index contributed by atoms with van der Waals surface area (Å²) in [4.78, 5) is 12.9. The van der Waals surface area contributed by atoms with E-state index in [2.05, 4.69) is 54.6 Å². The monoisotopic (exact) mass is 300 g/mol. The van der Waals surface area contributed by atoms with Gasteiger partial charge in [0.15, 0.2) is 0 Å². The highest BCUT2D eigenvalue weighted by Gasteiger charge is 2.54. The minimum atomic E-state index is -0.188. The lowest BCUT2D eigenvalue weighted by Gasteiger charge is -2.40. The van der Waals surface area contributed by atoms with Crippen LogP contribution in [0.25, 0.3) is 11.1 Å². The summed E-state index contributed by atoms with van der Waals surface area (Å²) in [7, 11) is 0. The number of Topliss-reactive ketones (excluding diaryl/α,β-unsaturated/α-hetero) is 1. The van der Waals surface area contributed by atoms with Crippen LogP contribution in [0.15, 0.2) is 60.2 Å². The number of hydrogen-bond acceptors (Lipinski definition) is 1. The van der Waals surface area contributed by atoms with Crippen LogP contribution in [0.2, 0.25) is 0 Å². The van der Waals surface area contributed by atoms with Gasteiger partial charge in [0.2, 0.25) is 0 Å². The fourth-order valence-electron chi connectivity index (χ4n) is 5.12. The van der Waals surface area contributed by atoms with Crippen molar-refractivity contribution in [3.8, 4) is 11.1 Å². The Balaban J connectivity index is 1.65. The van der Waals surface area contributed by atoms with Crippen LogP contribution >= 0.6 is 0 Å². The lowest BCUT2D eigenvalue weighted by atomic mass is 9.61. The fraction of sp³-hybridized carbons (Fsp3) is 0.318. The summed E-state index contributed by atoms with van der Waals surface area (Å²) in [6.45, 7) is 0. The molecular formula is C22H20O. The summed E-state index contributed by atoms with van der Waals surface area (Å²) in [5.74, 6) is 1.01. The molecule has 0 radical (unpaired) electrons. The van der Waals surface area contributed by atoms with Gasteiger partial charge in [0.05, 0.1) is 5.41 Å². The first kappa shape index (κ1) is 13.3. The minimum absolute atomic E-state index is 0.188. The van der Waals surface area contributed by atoms with E-state index < -0.39 is 0 Å². The molecule has 2 atom stereocenters. The number of hydrogen-bond donors (Lipinski definition) is 0. The van der Waals surface area contributed by atoms with Crippen LogP contribution in [0, 0.1) is 5.92 Å². The zero-order valence-electron chi connectivity index (χ0n) is 13.2. The Morgan fingerprint density at radius 3 is 2.57 bits per heavy atom. The van der Waals surface area contributed by atoms with Crippen LogP contribution in [0.5, 0.6) is 0 Å². The van der Waals surface area contributed by atoms with E-state index in [-0.39, 0.29) is 5.41 Å². The molecule has 0 N–H and O–H groups in total. The summed E-state index contributed by atoms with van der Waals surface area (Å²) in [6.07, 6.45) is 7.22. The Labute approximate surface area is 137 Å². The van der Waals surface area contributed by atoms with Crippen molar-refractivity contribution in [2.45, 2.75) is 37.5 Å². The van der Waals surface area contributed by atoms with Gasteiger partial charge in [-0.15, -0.1) is 0 Å². The molecule has 0 aliphatic heterocycles. The van der Waals surface area contributed by atoms with Crippen LogP contribution in [0.3, 0.4) is 0 Å². The topological polar surface area (TPSA) is 17.1 Å². The Morgan fingerprint density at radius 1 is 0.957 bits per heavy atom. The maximum Gasteiger partial charge on any atom is 0.144 e. The second-order valence-electron chi connectivity index (χ2n) is 7.31. The zero-order chi connectivity index (χ0) is 15.4. The summed E-state index contributed by atoms with van der Waals surface area (Å²) < 4.78 is 0. The van der Waals surface area contributed by atoms with Gasteiger partial charge in [-0.25, -0.2) is 0 Å². The van der Waals surface area contributed by atoms with E-state index in [4.69, 9.17) is 0 Å². The molecule has 5 rings (SSSR count). The van der Waals surface area contributed by atoms with Gasteiger partial charge >= 0.3 is 0 Å². The molecule has 1 saturated carbocycles. The second-order valence-corrected chi connectivity index (χ2v) is 7.31. The van der Waals surface area contributed by atoms with Crippen molar-refractivity contribution >= 4 is 5.78 Å². The first-order valence-electron chi connectivity index (χ1n) is 8.67. The highest BCUT2D eigenvalue weighted by Crippen LogP contribution is 2.57. The fourth-order valence-corrected chi connectivity index (χ4v) is 5.12. The minimum Gasteiger partial charge on any atom is -0.299 e. The number of carbonyl (C=O) groups is 1. The SMILES string of the molecule is O=C1CCc2cc(-c3ccccc3)ccc2C12CC1=CCC2C1. The van der Waals surface area contributed by atoms with E-state index in [0.29, 0.717) is 11.7 Å². The molecule has 23 heavy (non-hydrogen) atoms. The molecule has 0 heterocycles. The number of carbonyl (C=O) groups excluding carboxylic acids is 1. The number of benzene rings is 2. The van der Waals surface area contributed by atoms with Crippen LogP contribution in [-0.4, -0.2) is 5.78 Å². The number of aryl methyl sites for hydroxylation is 1. The van der Waals surface area contributed by atoms with Crippen molar-refractivity contribution in [2.24, 2.45) is 5.92 Å². The van der Waals surface area contributed by atoms with E-state index >= 15 is 0 Å². The highest BCUT2D eigenvalue weighted by molar-refractivity contribution is 5.94. The van der Waals surface area contributed by atoms with Gasteiger partial charge in [-0.2, -0.15) is 0 Å². The van der Waals surface area contributed by atoms with Gasteiger partial charge in [-0.1, -0.05) is 60.2 Å². The van der Waals surface area contributed by atoms with Gasteiger partial charge in [-0.3, -0.25) is 4.79 Å². The van der Waals surface area contributed by atoms with Crippen molar-refractivity contribution < 1.29 is 4.79 Å². The molecule has 1 nitrogen and oxygen atoms in total. The van der Waals surface area contributed by atoms with Crippen LogP contribution in [-0.2, 0) is 16.6 Å². The normalized spacial score (nSPS) is 28.1. The van der Waals surface area contributed by atoms with Crippen molar-refractivity contribution in [3.63, 3.8) is 0 Å². The largest absolute Gasteiger partial charge is 0.299 e. The molecule has 2 unspecified atom stereocenters. The molecule has 2 aromatic rings. The Hall–Kier alpha value is -2.15. The molecule has 2 aromatic carbocycles. The summed E-state index contributed by atoms with van der Waals surface area (Å²) in [5, 5.41) is 0. The van der Waals surface area contributed by atoms with Crippen molar-refractivity contribution in [1.29, 1.82) is 0 Å². The third-order valence-electron chi connectivity index (χ3n) is 6.21. The molecule has 0 amide bonds. The zero-order valence-corrected chi connectivity index (χ0v) is 13.2. The Kier molecular flexibility index (Phi) is 2.70. The molecule has 114 valence electrons. The van der Waals surface area contributed by atoms with Gasteiger partial charge in [0.25, 0.3) is 0 Å². The number of allylic oxidation sites excluding steroid dienone is 2. The maximum absolute atomic E-state index is 12.9. The number of rotatable bonds is 1. The predicted molar refractivity (Wildman–Crippen MR) is 92.3 cm³/mol. The summed E-state index contributed by atoms with van der Waals surface area (Å²) >= 11 is 0. The number of ketones is 1. The lowest BCUT2D eigenvalue weighted by molar-refractivity contribution is -0.126. The molecule has 0 aromatic heterocycles. The van der Waals surface area contributed by atoms with Gasteiger partial charge in [-0.05, 0) is 53.9 Å². The molecule has 1 spiro atoms. The third kappa shape index (κ3) is 1.77. The number of fused-ring (bicyclic) bond motifs is 5. The van der Waals surface area contributed by atoms with Crippen LogP contribution in [0.1, 0.15) is 36.8 Å². The van der Waals surface area contributed by atoms with Crippen molar-refractivity contribution in [2.75, 3.05) is 0 Å². The average molecular weight is 300 g/mol. The predicted octanol–water partition coefficient (Wildman–Crippen LogP) is 4.85. The maximum atomic E-state index is 12.9. The van der Waals surface area contributed by atoms with Crippen LogP contribution in [0.4, 0.5) is 0 Å².